The number of aromatic carboxylic acids is 2. The van der Waals surface area contributed by atoms with Gasteiger partial charge >= 0.3 is 11.9 Å². The first-order chi connectivity index (χ1) is 10.4. The van der Waals surface area contributed by atoms with E-state index in [2.05, 4.69) is 22.9 Å². The molecule has 0 aliphatic rings. The second kappa shape index (κ2) is 8.75. The summed E-state index contributed by atoms with van der Waals surface area (Å²) in [7, 11) is 0. The number of carboxylic acids is 2. The quantitative estimate of drug-likeness (QED) is 0.451. The van der Waals surface area contributed by atoms with Crippen LogP contribution in [0.25, 0.3) is 0 Å². The highest BCUT2D eigenvalue weighted by atomic mass is 79.9. The summed E-state index contributed by atoms with van der Waals surface area (Å²) in [6, 6.07) is 2.48. The number of aliphatic hydroxyl groups excluding tert-OH is 1. The van der Waals surface area contributed by atoms with Gasteiger partial charge in [-0.3, -0.25) is 0 Å². The molecule has 0 aliphatic heterocycles. The zero-order valence-electron chi connectivity index (χ0n) is 12.2. The molecule has 0 aliphatic carbocycles. The minimum Gasteiger partial charge on any atom is -0.478 e. The van der Waals surface area contributed by atoms with Crippen molar-refractivity contribution < 1.29 is 29.6 Å². The van der Waals surface area contributed by atoms with E-state index in [4.69, 9.17) is 14.9 Å². The smallest absolute Gasteiger partial charge is 0.337 e. The molecule has 1 aromatic carbocycles. The molecule has 3 N–H and O–H groups in total. The van der Waals surface area contributed by atoms with E-state index in [1.54, 1.807) is 0 Å². The number of ether oxygens (including phenoxy) is 1. The van der Waals surface area contributed by atoms with Gasteiger partial charge in [0.1, 0.15) is 5.75 Å². The Bertz CT molecular complexity index is 543. The number of hydrogen-bond donors (Lipinski definition) is 3. The number of benzene rings is 1. The third-order valence-electron chi connectivity index (χ3n) is 3.12. The Morgan fingerprint density at radius 2 is 1.86 bits per heavy atom. The molecule has 0 amide bonds. The molecule has 0 saturated carbocycles. The SMILES string of the molecule is CCCCCCC(O)Oc1ccc(C(=O)O)c(C(=O)O)c1Br. The Balaban J connectivity index is 2.86. The second-order valence-corrected chi connectivity index (χ2v) is 5.63. The Labute approximate surface area is 136 Å². The molecule has 1 atom stereocenters. The van der Waals surface area contributed by atoms with E-state index in [1.807, 2.05) is 0 Å². The lowest BCUT2D eigenvalue weighted by molar-refractivity contribution is -0.0252. The molecule has 0 saturated heterocycles. The van der Waals surface area contributed by atoms with E-state index < -0.39 is 23.8 Å². The number of aliphatic hydroxyl groups is 1. The number of hydrogen-bond acceptors (Lipinski definition) is 4. The normalized spacial score (nSPS) is 12.0. The lowest BCUT2D eigenvalue weighted by Crippen LogP contribution is -2.17. The van der Waals surface area contributed by atoms with Crippen molar-refractivity contribution in [2.45, 2.75) is 45.3 Å². The number of unbranched alkanes of at least 4 members (excludes halogenated alkanes) is 3. The molecule has 7 heteroatoms. The van der Waals surface area contributed by atoms with E-state index in [0.717, 1.165) is 31.7 Å². The van der Waals surface area contributed by atoms with Gasteiger partial charge in [0.05, 0.1) is 15.6 Å². The minimum atomic E-state index is -1.38. The highest BCUT2D eigenvalue weighted by Crippen LogP contribution is 2.32. The van der Waals surface area contributed by atoms with E-state index >= 15 is 0 Å². The lowest BCUT2D eigenvalue weighted by atomic mass is 10.1. The van der Waals surface area contributed by atoms with Crippen molar-refractivity contribution in [3.8, 4) is 5.75 Å². The van der Waals surface area contributed by atoms with Crippen molar-refractivity contribution in [2.24, 2.45) is 0 Å². The molecule has 122 valence electrons. The summed E-state index contributed by atoms with van der Waals surface area (Å²) in [5.41, 5.74) is -0.743. The van der Waals surface area contributed by atoms with Crippen molar-refractivity contribution in [3.05, 3.63) is 27.7 Å². The number of halogens is 1. The van der Waals surface area contributed by atoms with Crippen LogP contribution in [0, 0.1) is 0 Å². The van der Waals surface area contributed by atoms with Crippen LogP contribution in [0.1, 0.15) is 59.7 Å². The topological polar surface area (TPSA) is 104 Å². The van der Waals surface area contributed by atoms with E-state index in [9.17, 15) is 14.7 Å². The van der Waals surface area contributed by atoms with Crippen molar-refractivity contribution in [1.29, 1.82) is 0 Å². The molecule has 0 aromatic heterocycles. The average Bonchev–Trinajstić information content (AvgIpc) is 2.44. The number of carbonyl (C=O) groups is 2. The Morgan fingerprint density at radius 1 is 1.18 bits per heavy atom. The van der Waals surface area contributed by atoms with E-state index in [1.165, 1.54) is 6.07 Å². The summed E-state index contributed by atoms with van der Waals surface area (Å²) >= 11 is 3.04. The third kappa shape index (κ3) is 4.99. The largest absolute Gasteiger partial charge is 0.478 e. The predicted molar refractivity (Wildman–Crippen MR) is 83.5 cm³/mol. The van der Waals surface area contributed by atoms with Crippen LogP contribution in [0.2, 0.25) is 0 Å². The summed E-state index contributed by atoms with van der Waals surface area (Å²) in [5.74, 6) is -2.62. The molecular formula is C15H19BrO6. The first kappa shape index (κ1) is 18.4. The summed E-state index contributed by atoms with van der Waals surface area (Å²) in [6.45, 7) is 2.08. The predicted octanol–water partition coefficient (Wildman–Crippen LogP) is 3.51. The van der Waals surface area contributed by atoms with Crippen LogP contribution in [0.15, 0.2) is 16.6 Å². The van der Waals surface area contributed by atoms with Crippen molar-refractivity contribution in [1.82, 2.24) is 0 Å². The molecule has 1 rings (SSSR count). The molecule has 1 aromatic rings. The lowest BCUT2D eigenvalue weighted by Gasteiger charge is -2.16. The summed E-state index contributed by atoms with van der Waals surface area (Å²) in [5, 5.41) is 28.0. The van der Waals surface area contributed by atoms with Crippen LogP contribution >= 0.6 is 15.9 Å². The zero-order chi connectivity index (χ0) is 16.7. The van der Waals surface area contributed by atoms with Crippen LogP contribution in [-0.2, 0) is 0 Å². The van der Waals surface area contributed by atoms with Gasteiger partial charge in [0.15, 0.2) is 6.29 Å². The first-order valence-electron chi connectivity index (χ1n) is 7.02. The van der Waals surface area contributed by atoms with Gasteiger partial charge in [-0.05, 0) is 34.5 Å². The van der Waals surface area contributed by atoms with E-state index in [0.29, 0.717) is 6.42 Å². The molecule has 6 nitrogen and oxygen atoms in total. The Hall–Kier alpha value is -1.60. The van der Waals surface area contributed by atoms with Gasteiger partial charge in [-0.1, -0.05) is 26.2 Å². The number of carboxylic acid groups (broad SMARTS) is 2. The monoisotopic (exact) mass is 374 g/mol. The third-order valence-corrected chi connectivity index (χ3v) is 3.91. The van der Waals surface area contributed by atoms with Crippen LogP contribution in [0.5, 0.6) is 5.75 Å². The van der Waals surface area contributed by atoms with Crippen molar-refractivity contribution >= 4 is 27.9 Å². The molecular weight excluding hydrogens is 356 g/mol. The molecule has 0 heterocycles. The van der Waals surface area contributed by atoms with Crippen LogP contribution in [0.4, 0.5) is 0 Å². The Morgan fingerprint density at radius 3 is 2.41 bits per heavy atom. The van der Waals surface area contributed by atoms with Gasteiger partial charge < -0.3 is 20.1 Å². The fourth-order valence-electron chi connectivity index (χ4n) is 1.99. The fraction of sp³-hybridized carbons (Fsp3) is 0.467. The van der Waals surface area contributed by atoms with Gasteiger partial charge in [0.2, 0.25) is 0 Å². The molecule has 0 bridgehead atoms. The molecule has 0 spiro atoms. The van der Waals surface area contributed by atoms with Gasteiger partial charge in [-0.2, -0.15) is 0 Å². The van der Waals surface area contributed by atoms with Gasteiger partial charge in [-0.15, -0.1) is 0 Å². The van der Waals surface area contributed by atoms with Gasteiger partial charge in [-0.25, -0.2) is 9.59 Å². The molecule has 1 unspecified atom stereocenters. The standard InChI is InChI=1S/C15H19BrO6/c1-2-3-4-5-6-11(17)22-10-8-7-9(14(18)19)12(13(10)16)15(20)21/h7-8,11,17H,2-6H2,1H3,(H,18,19)(H,20,21). The molecule has 22 heavy (non-hydrogen) atoms. The number of rotatable bonds is 9. The maximum atomic E-state index is 11.2. The van der Waals surface area contributed by atoms with Crippen LogP contribution in [0.3, 0.4) is 0 Å². The summed E-state index contributed by atoms with van der Waals surface area (Å²) in [4.78, 5) is 22.3. The highest BCUT2D eigenvalue weighted by Gasteiger charge is 2.23. The summed E-state index contributed by atoms with van der Waals surface area (Å²) < 4.78 is 5.31. The van der Waals surface area contributed by atoms with E-state index in [-0.39, 0.29) is 15.8 Å². The molecule has 0 radical (unpaired) electrons. The molecule has 0 fully saturated rings. The second-order valence-electron chi connectivity index (χ2n) is 4.83. The van der Waals surface area contributed by atoms with Crippen LogP contribution in [-0.4, -0.2) is 33.5 Å². The average molecular weight is 375 g/mol. The minimum absolute atomic E-state index is 0.00695. The van der Waals surface area contributed by atoms with Crippen molar-refractivity contribution in [2.75, 3.05) is 0 Å². The van der Waals surface area contributed by atoms with Crippen LogP contribution < -0.4 is 4.74 Å². The summed E-state index contributed by atoms with van der Waals surface area (Å²) in [6.07, 6.45) is 3.30. The highest BCUT2D eigenvalue weighted by molar-refractivity contribution is 9.10. The first-order valence-corrected chi connectivity index (χ1v) is 7.81. The van der Waals surface area contributed by atoms with Crippen molar-refractivity contribution in [3.63, 3.8) is 0 Å². The Kier molecular flexibility index (Phi) is 7.34. The van der Waals surface area contributed by atoms with Gasteiger partial charge in [0.25, 0.3) is 0 Å². The fourth-order valence-corrected chi connectivity index (χ4v) is 2.60. The zero-order valence-corrected chi connectivity index (χ0v) is 13.8. The maximum Gasteiger partial charge on any atom is 0.337 e. The van der Waals surface area contributed by atoms with Gasteiger partial charge in [0, 0.05) is 6.42 Å². The maximum absolute atomic E-state index is 11.2.